The maximum atomic E-state index is 13.6. The summed E-state index contributed by atoms with van der Waals surface area (Å²) in [5, 5.41) is 0.853. The molecule has 3 aliphatic rings. The van der Waals surface area contributed by atoms with Gasteiger partial charge in [-0.1, -0.05) is 35.3 Å². The van der Waals surface area contributed by atoms with Gasteiger partial charge in [0.1, 0.15) is 0 Å². The van der Waals surface area contributed by atoms with E-state index in [1.54, 1.807) is 41.3 Å². The molecule has 2 saturated heterocycles. The summed E-state index contributed by atoms with van der Waals surface area (Å²) in [6, 6.07) is 10.2. The van der Waals surface area contributed by atoms with Gasteiger partial charge in [0, 0.05) is 72.9 Å². The van der Waals surface area contributed by atoms with Gasteiger partial charge in [-0.2, -0.15) is 0 Å². The van der Waals surface area contributed by atoms with E-state index in [1.807, 2.05) is 0 Å². The fourth-order valence-corrected chi connectivity index (χ4v) is 6.53. The number of carbonyl (C=O) groups is 2. The van der Waals surface area contributed by atoms with E-state index in [9.17, 15) is 27.2 Å². The van der Waals surface area contributed by atoms with Crippen LogP contribution in [0.4, 0.5) is 17.6 Å². The van der Waals surface area contributed by atoms with Gasteiger partial charge in [-0.25, -0.2) is 17.6 Å². The smallest absolute Gasteiger partial charge is 0.253 e. The first kappa shape index (κ1) is 28.2. The number of likely N-dealkylation sites (tertiary alicyclic amines) is 2. The summed E-state index contributed by atoms with van der Waals surface area (Å²) in [6.45, 7) is 0.605. The fraction of sp³-hybridized carbons (Fsp3) is 0.517. The van der Waals surface area contributed by atoms with Crippen molar-refractivity contribution in [2.24, 2.45) is 5.92 Å². The van der Waals surface area contributed by atoms with E-state index >= 15 is 0 Å². The average Bonchev–Trinajstić information content (AvgIpc) is 3.25. The normalized spacial score (nSPS) is 23.3. The van der Waals surface area contributed by atoms with E-state index in [0.717, 1.165) is 11.1 Å². The minimum Gasteiger partial charge on any atom is -0.339 e. The summed E-state index contributed by atoms with van der Waals surface area (Å²) >= 11 is 13.2. The first-order valence-electron chi connectivity index (χ1n) is 13.4. The predicted octanol–water partition coefficient (Wildman–Crippen LogP) is 7.50. The van der Waals surface area contributed by atoms with Crippen LogP contribution in [-0.2, 0) is 11.2 Å². The highest BCUT2D eigenvalue weighted by Gasteiger charge is 2.42. The predicted molar refractivity (Wildman–Crippen MR) is 143 cm³/mol. The lowest BCUT2D eigenvalue weighted by atomic mass is 9.91. The summed E-state index contributed by atoms with van der Waals surface area (Å²) in [4.78, 5) is 29.0. The molecule has 0 N–H and O–H groups in total. The van der Waals surface area contributed by atoms with Gasteiger partial charge in [0.2, 0.25) is 11.8 Å². The largest absolute Gasteiger partial charge is 0.339 e. The molecule has 0 spiro atoms. The zero-order valence-electron chi connectivity index (χ0n) is 21.4. The van der Waals surface area contributed by atoms with Crippen molar-refractivity contribution >= 4 is 35.0 Å². The standard InChI is InChI=1S/C29H30Cl2F4N2O2/c30-24-16-21(18-1-3-19(4-2-18)26(38)36-13-10-29(34,35)11-14-36)17-25(31)23(24)15-20-7-12-37(27(20)39)22-5-8-28(32,33)9-6-22/h1-4,16-17,20,22H,5-15H2. The van der Waals surface area contributed by atoms with Crippen LogP contribution in [0.5, 0.6) is 0 Å². The number of nitrogens with zero attached hydrogens (tertiary/aromatic N) is 2. The van der Waals surface area contributed by atoms with Crippen molar-refractivity contribution in [3.63, 3.8) is 0 Å². The molecule has 0 aromatic heterocycles. The number of amides is 2. The lowest BCUT2D eigenvalue weighted by Gasteiger charge is -2.34. The minimum absolute atomic E-state index is 0.0259. The lowest BCUT2D eigenvalue weighted by molar-refractivity contribution is -0.135. The third kappa shape index (κ3) is 6.22. The van der Waals surface area contributed by atoms with Gasteiger partial charge in [-0.15, -0.1) is 0 Å². The molecule has 4 nitrogen and oxygen atoms in total. The first-order valence-corrected chi connectivity index (χ1v) is 14.1. The third-order valence-corrected chi connectivity index (χ3v) is 8.99. The van der Waals surface area contributed by atoms with Crippen LogP contribution in [0, 0.1) is 5.92 Å². The van der Waals surface area contributed by atoms with E-state index < -0.39 is 11.8 Å². The van der Waals surface area contributed by atoms with Crippen molar-refractivity contribution < 1.29 is 27.2 Å². The molecule has 1 aliphatic carbocycles. The molecular weight excluding hydrogens is 555 g/mol. The Bertz CT molecular complexity index is 1210. The Kier molecular flexibility index (Phi) is 7.90. The van der Waals surface area contributed by atoms with Gasteiger partial charge >= 0.3 is 0 Å². The van der Waals surface area contributed by atoms with Crippen molar-refractivity contribution in [1.82, 2.24) is 9.80 Å². The molecule has 2 aromatic rings. The Labute approximate surface area is 235 Å². The van der Waals surface area contributed by atoms with Crippen LogP contribution in [0.1, 0.15) is 60.9 Å². The summed E-state index contributed by atoms with van der Waals surface area (Å²) in [5.41, 5.74) is 2.62. The summed E-state index contributed by atoms with van der Waals surface area (Å²) < 4.78 is 54.0. The second-order valence-corrected chi connectivity index (χ2v) is 11.8. The maximum Gasteiger partial charge on any atom is 0.253 e. The second kappa shape index (κ2) is 10.9. The molecule has 39 heavy (non-hydrogen) atoms. The highest BCUT2D eigenvalue weighted by Crippen LogP contribution is 2.39. The monoisotopic (exact) mass is 584 g/mol. The summed E-state index contributed by atoms with van der Waals surface area (Å²) in [5.74, 6) is -5.95. The number of hydrogen-bond acceptors (Lipinski definition) is 2. The van der Waals surface area contributed by atoms with E-state index in [4.69, 9.17) is 23.2 Å². The molecule has 2 heterocycles. The Morgan fingerprint density at radius 2 is 1.38 bits per heavy atom. The van der Waals surface area contributed by atoms with Crippen LogP contribution in [-0.4, -0.2) is 59.1 Å². The van der Waals surface area contributed by atoms with Gasteiger partial charge in [-0.05, 0) is 66.6 Å². The van der Waals surface area contributed by atoms with Crippen molar-refractivity contribution in [1.29, 1.82) is 0 Å². The molecule has 2 aromatic carbocycles. The van der Waals surface area contributed by atoms with E-state index in [0.29, 0.717) is 53.4 Å². The number of piperidine rings is 1. The third-order valence-electron chi connectivity index (χ3n) is 8.32. The molecule has 10 heteroatoms. The van der Waals surface area contributed by atoms with Gasteiger partial charge in [0.25, 0.3) is 11.8 Å². The number of hydrogen-bond donors (Lipinski definition) is 0. The Hall–Kier alpha value is -2.32. The van der Waals surface area contributed by atoms with Gasteiger partial charge in [0.15, 0.2) is 0 Å². The van der Waals surface area contributed by atoms with Crippen LogP contribution in [0.2, 0.25) is 10.0 Å². The van der Waals surface area contributed by atoms with Crippen molar-refractivity contribution in [3.05, 3.63) is 57.6 Å². The molecular formula is C29H30Cl2F4N2O2. The molecule has 3 fully saturated rings. The Morgan fingerprint density at radius 3 is 1.97 bits per heavy atom. The summed E-state index contributed by atoms with van der Waals surface area (Å²) in [6.07, 6.45) is 0.617. The average molecular weight is 585 g/mol. The molecule has 2 aliphatic heterocycles. The SMILES string of the molecule is O=C(c1ccc(-c2cc(Cl)c(CC3CCN(C4CCC(F)(F)CC4)C3=O)c(Cl)c2)cc1)N1CCC(F)(F)CC1. The number of carbonyl (C=O) groups excluding carboxylic acids is 2. The van der Waals surface area contributed by atoms with Crippen LogP contribution in [0.15, 0.2) is 36.4 Å². The van der Waals surface area contributed by atoms with Crippen molar-refractivity contribution in [3.8, 4) is 11.1 Å². The van der Waals surface area contributed by atoms with Crippen LogP contribution in [0.25, 0.3) is 11.1 Å². The Balaban J connectivity index is 1.23. The van der Waals surface area contributed by atoms with Crippen LogP contribution in [0.3, 0.4) is 0 Å². The first-order chi connectivity index (χ1) is 18.4. The van der Waals surface area contributed by atoms with Crippen LogP contribution >= 0.6 is 23.2 Å². The van der Waals surface area contributed by atoms with Crippen LogP contribution < -0.4 is 0 Å². The molecule has 1 saturated carbocycles. The molecule has 1 unspecified atom stereocenters. The molecule has 5 rings (SSSR count). The molecule has 2 amide bonds. The quantitative estimate of drug-likeness (QED) is 0.341. The fourth-order valence-electron chi connectivity index (χ4n) is 5.89. The lowest BCUT2D eigenvalue weighted by Crippen LogP contribution is -2.42. The number of benzene rings is 2. The minimum atomic E-state index is -2.72. The summed E-state index contributed by atoms with van der Waals surface area (Å²) in [7, 11) is 0. The zero-order valence-corrected chi connectivity index (χ0v) is 22.9. The second-order valence-electron chi connectivity index (χ2n) is 11.0. The van der Waals surface area contributed by atoms with E-state index in [1.165, 1.54) is 4.90 Å². The van der Waals surface area contributed by atoms with Gasteiger partial charge < -0.3 is 9.80 Å². The molecule has 0 radical (unpaired) electrons. The van der Waals surface area contributed by atoms with E-state index in [2.05, 4.69) is 0 Å². The highest BCUT2D eigenvalue weighted by molar-refractivity contribution is 6.36. The number of halogens is 6. The number of rotatable bonds is 5. The Morgan fingerprint density at radius 1 is 0.821 bits per heavy atom. The molecule has 1 atom stereocenters. The zero-order chi connectivity index (χ0) is 27.9. The molecule has 0 bridgehead atoms. The van der Waals surface area contributed by atoms with Gasteiger partial charge in [-0.3, -0.25) is 9.59 Å². The number of alkyl halides is 4. The van der Waals surface area contributed by atoms with Crippen molar-refractivity contribution in [2.75, 3.05) is 19.6 Å². The maximum absolute atomic E-state index is 13.6. The van der Waals surface area contributed by atoms with Crippen molar-refractivity contribution in [2.45, 2.75) is 69.3 Å². The topological polar surface area (TPSA) is 40.6 Å². The highest BCUT2D eigenvalue weighted by atomic mass is 35.5. The van der Waals surface area contributed by atoms with Gasteiger partial charge in [0.05, 0.1) is 0 Å². The van der Waals surface area contributed by atoms with E-state index in [-0.39, 0.29) is 62.5 Å². The molecule has 210 valence electrons.